The number of halogens is 4. The molecule has 1 aromatic heterocycles. The Morgan fingerprint density at radius 3 is 2.77 bits per heavy atom. The standard InChI is InChI=1S/C14H12BrF3N4/c1-14(8-4-7(15)2-3-9(8)16)6-22-11(13(19)20-14)5-10(21-22)12(17)18/h2-5,12H,6H2,1H3,(H2,19,20). The lowest BCUT2D eigenvalue weighted by Gasteiger charge is -2.31. The number of amidine groups is 1. The van der Waals surface area contributed by atoms with Gasteiger partial charge in [-0.1, -0.05) is 15.9 Å². The molecule has 2 heterocycles. The molecule has 0 fully saturated rings. The van der Waals surface area contributed by atoms with Crippen LogP contribution in [-0.2, 0) is 12.1 Å². The van der Waals surface area contributed by atoms with E-state index in [0.29, 0.717) is 15.7 Å². The SMILES string of the molecule is CC1(c2cc(Br)ccc2F)Cn2nc(C(F)F)cc2C(N)=N1. The highest BCUT2D eigenvalue weighted by molar-refractivity contribution is 9.10. The maximum atomic E-state index is 14.2. The van der Waals surface area contributed by atoms with Crippen molar-refractivity contribution >= 4 is 21.8 Å². The molecule has 2 N–H and O–H groups in total. The van der Waals surface area contributed by atoms with Crippen LogP contribution in [-0.4, -0.2) is 15.6 Å². The number of hydrogen-bond donors (Lipinski definition) is 1. The first-order valence-corrected chi connectivity index (χ1v) is 7.26. The first kappa shape index (κ1) is 15.1. The van der Waals surface area contributed by atoms with E-state index in [4.69, 9.17) is 5.73 Å². The van der Waals surface area contributed by atoms with Gasteiger partial charge in [-0.25, -0.2) is 13.2 Å². The second-order valence-electron chi connectivity index (χ2n) is 5.31. The molecule has 4 nitrogen and oxygen atoms in total. The molecular formula is C14H12BrF3N4. The van der Waals surface area contributed by atoms with Gasteiger partial charge in [0.05, 0.1) is 6.54 Å². The molecule has 0 saturated carbocycles. The van der Waals surface area contributed by atoms with Crippen molar-refractivity contribution in [3.8, 4) is 0 Å². The monoisotopic (exact) mass is 372 g/mol. The van der Waals surface area contributed by atoms with Crippen molar-refractivity contribution in [3.05, 3.63) is 51.5 Å². The molecule has 116 valence electrons. The number of aliphatic imine (C=N–C) groups is 1. The molecule has 0 radical (unpaired) electrons. The third-order valence-corrected chi connectivity index (χ3v) is 4.11. The zero-order valence-corrected chi connectivity index (χ0v) is 13.1. The number of fused-ring (bicyclic) bond motifs is 1. The van der Waals surface area contributed by atoms with Crippen LogP contribution in [0.3, 0.4) is 0 Å². The maximum absolute atomic E-state index is 14.2. The molecule has 1 atom stereocenters. The summed E-state index contributed by atoms with van der Waals surface area (Å²) < 4.78 is 41.8. The van der Waals surface area contributed by atoms with Crippen LogP contribution in [0.5, 0.6) is 0 Å². The van der Waals surface area contributed by atoms with Crippen LogP contribution in [0.2, 0.25) is 0 Å². The van der Waals surface area contributed by atoms with Crippen LogP contribution in [0.1, 0.15) is 30.3 Å². The molecular weight excluding hydrogens is 361 g/mol. The van der Waals surface area contributed by atoms with Crippen molar-refractivity contribution in [2.45, 2.75) is 25.4 Å². The second kappa shape index (κ2) is 5.12. The lowest BCUT2D eigenvalue weighted by Crippen LogP contribution is -2.37. The van der Waals surface area contributed by atoms with Gasteiger partial charge in [-0.05, 0) is 31.2 Å². The number of rotatable bonds is 2. The first-order valence-electron chi connectivity index (χ1n) is 6.47. The molecule has 3 rings (SSSR count). The summed E-state index contributed by atoms with van der Waals surface area (Å²) in [5.41, 5.74) is 5.13. The molecule has 0 amide bonds. The summed E-state index contributed by atoms with van der Waals surface area (Å²) in [6.45, 7) is 1.82. The Morgan fingerprint density at radius 2 is 2.09 bits per heavy atom. The van der Waals surface area contributed by atoms with E-state index in [2.05, 4.69) is 26.0 Å². The number of nitrogens with zero attached hydrogens (tertiary/aromatic N) is 3. The van der Waals surface area contributed by atoms with Gasteiger partial charge in [-0.15, -0.1) is 0 Å². The quantitative estimate of drug-likeness (QED) is 0.878. The molecule has 1 aliphatic heterocycles. The summed E-state index contributed by atoms with van der Waals surface area (Å²) in [6, 6.07) is 5.71. The largest absolute Gasteiger partial charge is 0.382 e. The van der Waals surface area contributed by atoms with Crippen molar-refractivity contribution in [3.63, 3.8) is 0 Å². The molecule has 0 aliphatic carbocycles. The van der Waals surface area contributed by atoms with Crippen LogP contribution in [0.25, 0.3) is 0 Å². The van der Waals surface area contributed by atoms with Crippen molar-refractivity contribution in [2.75, 3.05) is 0 Å². The highest BCUT2D eigenvalue weighted by Crippen LogP contribution is 2.35. The zero-order chi connectivity index (χ0) is 16.1. The van der Waals surface area contributed by atoms with E-state index >= 15 is 0 Å². The fraction of sp³-hybridized carbons (Fsp3) is 0.286. The number of benzene rings is 1. The fourth-order valence-electron chi connectivity index (χ4n) is 2.58. The normalized spacial score (nSPS) is 20.9. The van der Waals surface area contributed by atoms with E-state index in [9.17, 15) is 13.2 Å². The summed E-state index contributed by atoms with van der Waals surface area (Å²) in [4.78, 5) is 4.33. The molecule has 0 bridgehead atoms. The molecule has 1 aromatic carbocycles. The van der Waals surface area contributed by atoms with E-state index in [0.717, 1.165) is 0 Å². The average Bonchev–Trinajstić information content (AvgIpc) is 2.85. The summed E-state index contributed by atoms with van der Waals surface area (Å²) in [5.74, 6) is -0.375. The Bertz CT molecular complexity index is 771. The van der Waals surface area contributed by atoms with Crippen LogP contribution >= 0.6 is 15.9 Å². The predicted molar refractivity (Wildman–Crippen MR) is 79.4 cm³/mol. The molecule has 1 unspecified atom stereocenters. The van der Waals surface area contributed by atoms with Crippen LogP contribution in [0.15, 0.2) is 33.7 Å². The van der Waals surface area contributed by atoms with Crippen molar-refractivity contribution in [1.82, 2.24) is 9.78 Å². The fourth-order valence-corrected chi connectivity index (χ4v) is 2.94. The summed E-state index contributed by atoms with van der Waals surface area (Å²) in [7, 11) is 0. The Kier molecular flexibility index (Phi) is 3.51. The summed E-state index contributed by atoms with van der Waals surface area (Å²) >= 11 is 3.29. The Balaban J connectivity index is 2.10. The van der Waals surface area contributed by atoms with Gasteiger partial charge < -0.3 is 5.73 Å². The van der Waals surface area contributed by atoms with Gasteiger partial charge in [0.2, 0.25) is 0 Å². The summed E-state index contributed by atoms with van der Waals surface area (Å²) in [5, 5.41) is 3.85. The van der Waals surface area contributed by atoms with Crippen LogP contribution in [0.4, 0.5) is 13.2 Å². The lowest BCUT2D eigenvalue weighted by atomic mass is 9.91. The van der Waals surface area contributed by atoms with Crippen molar-refractivity contribution in [2.24, 2.45) is 10.7 Å². The Hall–Kier alpha value is -1.83. The third kappa shape index (κ3) is 2.41. The van der Waals surface area contributed by atoms with E-state index in [1.165, 1.54) is 16.8 Å². The second-order valence-corrected chi connectivity index (χ2v) is 6.22. The topological polar surface area (TPSA) is 56.2 Å². The van der Waals surface area contributed by atoms with Crippen LogP contribution < -0.4 is 5.73 Å². The average molecular weight is 373 g/mol. The minimum Gasteiger partial charge on any atom is -0.382 e. The van der Waals surface area contributed by atoms with Gasteiger partial charge in [-0.2, -0.15) is 5.10 Å². The number of aromatic nitrogens is 2. The molecule has 1 aliphatic rings. The van der Waals surface area contributed by atoms with E-state index in [1.807, 2.05) is 0 Å². The molecule has 8 heteroatoms. The number of alkyl halides is 2. The van der Waals surface area contributed by atoms with Gasteiger partial charge in [-0.3, -0.25) is 9.67 Å². The van der Waals surface area contributed by atoms with Gasteiger partial charge >= 0.3 is 0 Å². The third-order valence-electron chi connectivity index (χ3n) is 3.62. The van der Waals surface area contributed by atoms with Gasteiger partial charge in [0, 0.05) is 10.0 Å². The number of hydrogen-bond acceptors (Lipinski definition) is 3. The van der Waals surface area contributed by atoms with Crippen molar-refractivity contribution in [1.29, 1.82) is 0 Å². The number of nitrogens with two attached hydrogens (primary N) is 1. The van der Waals surface area contributed by atoms with Gasteiger partial charge in [0.1, 0.15) is 28.6 Å². The Labute approximate surface area is 133 Å². The summed E-state index contributed by atoms with van der Waals surface area (Å²) in [6.07, 6.45) is -2.69. The Morgan fingerprint density at radius 1 is 1.36 bits per heavy atom. The van der Waals surface area contributed by atoms with E-state index < -0.39 is 17.8 Å². The van der Waals surface area contributed by atoms with E-state index in [-0.39, 0.29) is 18.1 Å². The molecule has 2 aromatic rings. The minimum atomic E-state index is -2.69. The molecule has 0 saturated heterocycles. The smallest absolute Gasteiger partial charge is 0.282 e. The lowest BCUT2D eigenvalue weighted by molar-refractivity contribution is 0.144. The minimum absolute atomic E-state index is 0.0625. The maximum Gasteiger partial charge on any atom is 0.282 e. The predicted octanol–water partition coefficient (Wildman–Crippen LogP) is 3.36. The van der Waals surface area contributed by atoms with Gasteiger partial charge in [0.15, 0.2) is 0 Å². The molecule has 0 spiro atoms. The van der Waals surface area contributed by atoms with E-state index in [1.54, 1.807) is 19.1 Å². The highest BCUT2D eigenvalue weighted by Gasteiger charge is 2.36. The van der Waals surface area contributed by atoms with Gasteiger partial charge in [0.25, 0.3) is 6.43 Å². The zero-order valence-electron chi connectivity index (χ0n) is 11.5. The highest BCUT2D eigenvalue weighted by atomic mass is 79.9. The van der Waals surface area contributed by atoms with Crippen LogP contribution in [0, 0.1) is 5.82 Å². The van der Waals surface area contributed by atoms with Crippen molar-refractivity contribution < 1.29 is 13.2 Å². The molecule has 22 heavy (non-hydrogen) atoms. The first-order chi connectivity index (χ1) is 10.3.